The van der Waals surface area contributed by atoms with Gasteiger partial charge in [-0.2, -0.15) is 18.3 Å². The average Bonchev–Trinajstić information content (AvgIpc) is 2.77. The summed E-state index contributed by atoms with van der Waals surface area (Å²) in [5, 5.41) is 3.46. The van der Waals surface area contributed by atoms with Gasteiger partial charge in [-0.15, -0.1) is 0 Å². The molecule has 0 N–H and O–H groups in total. The number of nitrogens with zero attached hydrogens (tertiary/aromatic N) is 2. The topological polar surface area (TPSA) is 34.9 Å². The molecule has 0 fully saturated rings. The number of para-hydroxylation sites is 1. The number of halogens is 4. The van der Waals surface area contributed by atoms with Gasteiger partial charge in [0.15, 0.2) is 5.78 Å². The molecule has 1 aromatic heterocycles. The Kier molecular flexibility index (Phi) is 3.13. The van der Waals surface area contributed by atoms with Gasteiger partial charge in [-0.3, -0.25) is 4.79 Å². The molecular formula is C12H8F4N2O. The van der Waals surface area contributed by atoms with Crippen LogP contribution in [-0.2, 0) is 6.18 Å². The summed E-state index contributed by atoms with van der Waals surface area (Å²) >= 11 is 0. The lowest BCUT2D eigenvalue weighted by molar-refractivity contribution is -0.137. The summed E-state index contributed by atoms with van der Waals surface area (Å²) in [5.74, 6) is -1.27. The molecule has 0 aliphatic rings. The Balaban J connectivity index is 2.59. The lowest BCUT2D eigenvalue weighted by Crippen LogP contribution is -2.07. The molecule has 100 valence electrons. The first kappa shape index (κ1) is 13.3. The molecule has 0 aliphatic heterocycles. The van der Waals surface area contributed by atoms with Gasteiger partial charge in [0.1, 0.15) is 11.5 Å². The fraction of sp³-hybridized carbons (Fsp3) is 0.167. The quantitative estimate of drug-likeness (QED) is 0.621. The monoisotopic (exact) mass is 272 g/mol. The Morgan fingerprint density at radius 3 is 2.53 bits per heavy atom. The number of carbonyl (C=O) groups excluding carboxylic acids is 1. The number of aromatic nitrogens is 2. The summed E-state index contributed by atoms with van der Waals surface area (Å²) in [5.41, 5.74) is -1.33. The summed E-state index contributed by atoms with van der Waals surface area (Å²) < 4.78 is 51.8. The Bertz CT molecular complexity index is 631. The fourth-order valence-corrected chi connectivity index (χ4v) is 1.62. The zero-order valence-corrected chi connectivity index (χ0v) is 9.70. The lowest BCUT2D eigenvalue weighted by Gasteiger charge is -2.08. The highest BCUT2D eigenvalue weighted by Gasteiger charge is 2.32. The summed E-state index contributed by atoms with van der Waals surface area (Å²) in [6.45, 7) is 1.20. The van der Waals surface area contributed by atoms with E-state index in [2.05, 4.69) is 5.10 Å². The van der Waals surface area contributed by atoms with Crippen molar-refractivity contribution in [1.82, 2.24) is 9.78 Å². The molecule has 2 aromatic rings. The van der Waals surface area contributed by atoms with Crippen molar-refractivity contribution in [2.24, 2.45) is 0 Å². The fourth-order valence-electron chi connectivity index (χ4n) is 1.62. The third-order valence-electron chi connectivity index (χ3n) is 2.51. The van der Waals surface area contributed by atoms with Crippen molar-refractivity contribution in [2.45, 2.75) is 13.1 Å². The van der Waals surface area contributed by atoms with Crippen LogP contribution in [0.5, 0.6) is 0 Å². The first-order chi connectivity index (χ1) is 8.80. The molecule has 0 bridgehead atoms. The van der Waals surface area contributed by atoms with Crippen LogP contribution in [0.2, 0.25) is 0 Å². The molecular weight excluding hydrogens is 264 g/mol. The second-order valence-electron chi connectivity index (χ2n) is 3.86. The Hall–Kier alpha value is -2.18. The van der Waals surface area contributed by atoms with E-state index in [0.29, 0.717) is 12.4 Å². The van der Waals surface area contributed by atoms with Gasteiger partial charge < -0.3 is 0 Å². The normalized spacial score (nSPS) is 11.6. The van der Waals surface area contributed by atoms with Crippen LogP contribution in [0, 0.1) is 5.82 Å². The van der Waals surface area contributed by atoms with E-state index in [1.807, 2.05) is 0 Å². The van der Waals surface area contributed by atoms with Crippen molar-refractivity contribution in [3.05, 3.63) is 47.5 Å². The van der Waals surface area contributed by atoms with Crippen molar-refractivity contribution in [1.29, 1.82) is 0 Å². The van der Waals surface area contributed by atoms with E-state index in [0.717, 1.165) is 10.7 Å². The molecule has 0 aliphatic carbocycles. The first-order valence-corrected chi connectivity index (χ1v) is 5.22. The molecule has 19 heavy (non-hydrogen) atoms. The van der Waals surface area contributed by atoms with Crippen molar-refractivity contribution in [3.8, 4) is 5.69 Å². The molecule has 1 heterocycles. The molecule has 0 saturated heterocycles. The van der Waals surface area contributed by atoms with Gasteiger partial charge in [0.2, 0.25) is 0 Å². The standard InChI is InChI=1S/C12H8F4N2O/c1-7(19)9-3-2-4-10(13)11(9)18-6-8(5-17-18)12(14,15)16/h2-6H,1H3. The van der Waals surface area contributed by atoms with Crippen LogP contribution >= 0.6 is 0 Å². The van der Waals surface area contributed by atoms with Gasteiger partial charge in [-0.05, 0) is 19.1 Å². The molecule has 0 saturated carbocycles. The molecule has 3 nitrogen and oxygen atoms in total. The predicted octanol–water partition coefficient (Wildman–Crippen LogP) is 3.23. The van der Waals surface area contributed by atoms with Gasteiger partial charge in [-0.1, -0.05) is 6.07 Å². The lowest BCUT2D eigenvalue weighted by atomic mass is 10.1. The number of hydrogen-bond acceptors (Lipinski definition) is 2. The van der Waals surface area contributed by atoms with Gasteiger partial charge in [0, 0.05) is 11.8 Å². The summed E-state index contributed by atoms with van der Waals surface area (Å²) in [7, 11) is 0. The minimum Gasteiger partial charge on any atom is -0.294 e. The molecule has 2 rings (SSSR count). The zero-order valence-electron chi connectivity index (χ0n) is 9.70. The second kappa shape index (κ2) is 4.49. The molecule has 0 spiro atoms. The van der Waals surface area contributed by atoms with Crippen LogP contribution in [0.4, 0.5) is 17.6 Å². The van der Waals surface area contributed by atoms with E-state index in [1.54, 1.807) is 0 Å². The predicted molar refractivity (Wildman–Crippen MR) is 58.5 cm³/mol. The first-order valence-electron chi connectivity index (χ1n) is 5.22. The van der Waals surface area contributed by atoms with E-state index in [9.17, 15) is 22.4 Å². The highest BCUT2D eigenvalue weighted by Crippen LogP contribution is 2.30. The van der Waals surface area contributed by atoms with Crippen LogP contribution in [0.15, 0.2) is 30.6 Å². The van der Waals surface area contributed by atoms with Crippen LogP contribution in [-0.4, -0.2) is 15.6 Å². The number of benzene rings is 1. The molecule has 7 heteroatoms. The smallest absolute Gasteiger partial charge is 0.294 e. The zero-order chi connectivity index (χ0) is 14.2. The maximum Gasteiger partial charge on any atom is 0.419 e. The highest BCUT2D eigenvalue weighted by atomic mass is 19.4. The van der Waals surface area contributed by atoms with Crippen LogP contribution < -0.4 is 0 Å². The Morgan fingerprint density at radius 2 is 2.00 bits per heavy atom. The van der Waals surface area contributed by atoms with Crippen LogP contribution in [0.25, 0.3) is 5.69 Å². The second-order valence-corrected chi connectivity index (χ2v) is 3.86. The third-order valence-corrected chi connectivity index (χ3v) is 2.51. The van der Waals surface area contributed by atoms with Crippen molar-refractivity contribution >= 4 is 5.78 Å². The summed E-state index contributed by atoms with van der Waals surface area (Å²) in [4.78, 5) is 11.4. The molecule has 0 unspecified atom stereocenters. The number of alkyl halides is 3. The SMILES string of the molecule is CC(=O)c1cccc(F)c1-n1cc(C(F)(F)F)cn1. The Labute approximate surface area is 105 Å². The van der Waals surface area contributed by atoms with Gasteiger partial charge in [-0.25, -0.2) is 9.07 Å². The maximum absolute atomic E-state index is 13.7. The molecule has 0 radical (unpaired) electrons. The van der Waals surface area contributed by atoms with E-state index >= 15 is 0 Å². The van der Waals surface area contributed by atoms with E-state index in [-0.39, 0.29) is 11.3 Å². The van der Waals surface area contributed by atoms with Crippen molar-refractivity contribution < 1.29 is 22.4 Å². The number of ketones is 1. The maximum atomic E-state index is 13.7. The van der Waals surface area contributed by atoms with E-state index in [1.165, 1.54) is 19.1 Å². The van der Waals surface area contributed by atoms with Crippen LogP contribution in [0.1, 0.15) is 22.8 Å². The minimum atomic E-state index is -4.57. The third kappa shape index (κ3) is 2.49. The summed E-state index contributed by atoms with van der Waals surface area (Å²) in [6.07, 6.45) is -3.35. The largest absolute Gasteiger partial charge is 0.419 e. The molecule has 0 atom stereocenters. The summed E-state index contributed by atoms with van der Waals surface area (Å²) in [6, 6.07) is 3.69. The number of carbonyl (C=O) groups is 1. The minimum absolute atomic E-state index is 0.0307. The van der Waals surface area contributed by atoms with Gasteiger partial charge in [0.25, 0.3) is 0 Å². The van der Waals surface area contributed by atoms with E-state index in [4.69, 9.17) is 0 Å². The molecule has 1 aromatic carbocycles. The van der Waals surface area contributed by atoms with Crippen LogP contribution in [0.3, 0.4) is 0 Å². The highest BCUT2D eigenvalue weighted by molar-refractivity contribution is 5.97. The van der Waals surface area contributed by atoms with Crippen molar-refractivity contribution in [3.63, 3.8) is 0 Å². The van der Waals surface area contributed by atoms with E-state index < -0.39 is 23.3 Å². The van der Waals surface area contributed by atoms with Crippen molar-refractivity contribution in [2.75, 3.05) is 0 Å². The number of rotatable bonds is 2. The number of hydrogen-bond donors (Lipinski definition) is 0. The number of Topliss-reactive ketones (excluding diaryl/α,β-unsaturated/α-hetero) is 1. The Morgan fingerprint density at radius 1 is 1.32 bits per heavy atom. The van der Waals surface area contributed by atoms with Gasteiger partial charge >= 0.3 is 6.18 Å². The molecule has 0 amide bonds. The van der Waals surface area contributed by atoms with Gasteiger partial charge in [0.05, 0.1) is 11.8 Å². The average molecular weight is 272 g/mol.